The number of amides is 1. The van der Waals surface area contributed by atoms with Crippen LogP contribution >= 0.6 is 11.6 Å². The van der Waals surface area contributed by atoms with Gasteiger partial charge in [-0.3, -0.25) is 4.79 Å². The Morgan fingerprint density at radius 3 is 2.67 bits per heavy atom. The molecule has 0 saturated heterocycles. The molecule has 24 heavy (non-hydrogen) atoms. The number of pyridine rings is 1. The van der Waals surface area contributed by atoms with Gasteiger partial charge in [0.2, 0.25) is 0 Å². The van der Waals surface area contributed by atoms with Crippen molar-refractivity contribution in [3.05, 3.63) is 58.9 Å². The maximum atomic E-state index is 12.5. The number of benzene rings is 1. The van der Waals surface area contributed by atoms with Crippen LogP contribution in [0, 0.1) is 0 Å². The lowest BCUT2D eigenvalue weighted by Gasteiger charge is -2.20. The van der Waals surface area contributed by atoms with Crippen molar-refractivity contribution in [2.75, 3.05) is 6.61 Å². The minimum Gasteiger partial charge on any atom is -0.405 e. The summed E-state index contributed by atoms with van der Waals surface area (Å²) in [5.74, 6) is -1.13. The molecule has 1 aromatic heterocycles. The first-order valence-corrected chi connectivity index (χ1v) is 7.06. The molecule has 0 aliphatic rings. The summed E-state index contributed by atoms with van der Waals surface area (Å²) in [7, 11) is 0. The Balaban J connectivity index is 2.24. The molecule has 128 valence electrons. The number of para-hydroxylation sites is 1. The molecular formula is C15H12ClF3N2O3. The van der Waals surface area contributed by atoms with Gasteiger partial charge in [0, 0.05) is 17.3 Å². The molecule has 0 radical (unpaired) electrons. The lowest BCUT2D eigenvalue weighted by molar-refractivity contribution is -0.275. The van der Waals surface area contributed by atoms with Crippen molar-refractivity contribution in [3.63, 3.8) is 0 Å². The molecular weight excluding hydrogens is 349 g/mol. The van der Waals surface area contributed by atoms with E-state index in [2.05, 4.69) is 15.0 Å². The van der Waals surface area contributed by atoms with Crippen LogP contribution in [0.15, 0.2) is 42.6 Å². The molecule has 0 fully saturated rings. The Morgan fingerprint density at radius 2 is 2.04 bits per heavy atom. The number of alkyl halides is 3. The van der Waals surface area contributed by atoms with Gasteiger partial charge in [-0.1, -0.05) is 29.8 Å². The number of aliphatic hydroxyl groups is 1. The van der Waals surface area contributed by atoms with Crippen molar-refractivity contribution in [1.29, 1.82) is 0 Å². The summed E-state index contributed by atoms with van der Waals surface area (Å²) in [6.45, 7) is -0.622. The van der Waals surface area contributed by atoms with Crippen LogP contribution in [0.25, 0.3) is 0 Å². The van der Waals surface area contributed by atoms with Crippen molar-refractivity contribution in [2.45, 2.75) is 12.4 Å². The van der Waals surface area contributed by atoms with Crippen LogP contribution in [0.2, 0.25) is 5.15 Å². The van der Waals surface area contributed by atoms with Crippen molar-refractivity contribution >= 4 is 17.5 Å². The van der Waals surface area contributed by atoms with E-state index in [9.17, 15) is 23.1 Å². The molecule has 1 heterocycles. The number of ether oxygens (including phenoxy) is 1. The van der Waals surface area contributed by atoms with Gasteiger partial charge in [-0.05, 0) is 18.2 Å². The summed E-state index contributed by atoms with van der Waals surface area (Å²) < 4.78 is 41.3. The molecule has 9 heteroatoms. The second kappa shape index (κ2) is 7.50. The molecule has 2 rings (SSSR count). The van der Waals surface area contributed by atoms with Gasteiger partial charge in [0.05, 0.1) is 12.6 Å². The first kappa shape index (κ1) is 18.0. The van der Waals surface area contributed by atoms with E-state index in [1.54, 1.807) is 0 Å². The third kappa shape index (κ3) is 4.84. The van der Waals surface area contributed by atoms with Crippen LogP contribution < -0.4 is 10.1 Å². The van der Waals surface area contributed by atoms with Crippen molar-refractivity contribution < 1.29 is 27.8 Å². The van der Waals surface area contributed by atoms with Crippen LogP contribution in [0.4, 0.5) is 13.2 Å². The van der Waals surface area contributed by atoms with Gasteiger partial charge < -0.3 is 15.2 Å². The number of carbonyl (C=O) groups is 1. The van der Waals surface area contributed by atoms with E-state index in [0.29, 0.717) is 0 Å². The fourth-order valence-corrected chi connectivity index (χ4v) is 2.17. The SMILES string of the molecule is O=C(N[C@@H](CO)c1ccccc1OC(F)(F)F)c1ccnc(Cl)c1. The minimum absolute atomic E-state index is 0.00849. The Morgan fingerprint density at radius 1 is 1.33 bits per heavy atom. The summed E-state index contributed by atoms with van der Waals surface area (Å²) in [4.78, 5) is 15.9. The number of halogens is 4. The molecule has 0 bridgehead atoms. The largest absolute Gasteiger partial charge is 0.573 e. The third-order valence-electron chi connectivity index (χ3n) is 3.00. The van der Waals surface area contributed by atoms with Gasteiger partial charge in [-0.15, -0.1) is 13.2 Å². The normalized spacial score (nSPS) is 12.5. The molecule has 0 aliphatic carbocycles. The van der Waals surface area contributed by atoms with Crippen LogP contribution in [0.5, 0.6) is 5.75 Å². The molecule has 2 aromatic rings. The zero-order valence-corrected chi connectivity index (χ0v) is 12.8. The first-order valence-electron chi connectivity index (χ1n) is 6.68. The molecule has 1 atom stereocenters. The minimum atomic E-state index is -4.89. The van der Waals surface area contributed by atoms with Crippen molar-refractivity contribution in [2.24, 2.45) is 0 Å². The highest BCUT2D eigenvalue weighted by Gasteiger charge is 2.33. The maximum Gasteiger partial charge on any atom is 0.573 e. The fraction of sp³-hybridized carbons (Fsp3) is 0.200. The number of hydrogen-bond acceptors (Lipinski definition) is 4. The molecule has 1 aromatic carbocycles. The van der Waals surface area contributed by atoms with E-state index in [4.69, 9.17) is 11.6 Å². The van der Waals surface area contributed by atoms with Crippen LogP contribution in [-0.2, 0) is 0 Å². The van der Waals surface area contributed by atoms with Gasteiger partial charge in [0.15, 0.2) is 0 Å². The Kier molecular flexibility index (Phi) is 5.63. The topological polar surface area (TPSA) is 71.5 Å². The van der Waals surface area contributed by atoms with E-state index in [-0.39, 0.29) is 16.3 Å². The van der Waals surface area contributed by atoms with Crippen molar-refractivity contribution in [1.82, 2.24) is 10.3 Å². The Labute approximate surface area is 140 Å². The lowest BCUT2D eigenvalue weighted by Crippen LogP contribution is -2.31. The number of nitrogens with zero attached hydrogens (tertiary/aromatic N) is 1. The molecule has 2 N–H and O–H groups in total. The number of nitrogens with one attached hydrogen (secondary N) is 1. The molecule has 0 unspecified atom stereocenters. The predicted octanol–water partition coefficient (Wildman–Crippen LogP) is 3.10. The number of aliphatic hydroxyl groups excluding tert-OH is 1. The average molecular weight is 361 g/mol. The smallest absolute Gasteiger partial charge is 0.405 e. The Bertz CT molecular complexity index is 725. The third-order valence-corrected chi connectivity index (χ3v) is 3.20. The highest BCUT2D eigenvalue weighted by atomic mass is 35.5. The summed E-state index contributed by atoms with van der Waals surface area (Å²) >= 11 is 5.69. The molecule has 0 spiro atoms. The predicted molar refractivity (Wildman–Crippen MR) is 79.7 cm³/mol. The summed E-state index contributed by atoms with van der Waals surface area (Å²) in [6, 6.07) is 6.82. The highest BCUT2D eigenvalue weighted by Crippen LogP contribution is 2.30. The Hall–Kier alpha value is -2.32. The molecule has 0 saturated carbocycles. The summed E-state index contributed by atoms with van der Waals surface area (Å²) in [5, 5.41) is 12.0. The van der Waals surface area contributed by atoms with E-state index in [1.165, 1.54) is 36.5 Å². The van der Waals surface area contributed by atoms with Gasteiger partial charge >= 0.3 is 6.36 Å². The van der Waals surface area contributed by atoms with E-state index in [1.807, 2.05) is 0 Å². The summed E-state index contributed by atoms with van der Waals surface area (Å²) in [6.07, 6.45) is -3.58. The second-order valence-corrected chi connectivity index (χ2v) is 5.05. The second-order valence-electron chi connectivity index (χ2n) is 4.66. The van der Waals surface area contributed by atoms with Crippen LogP contribution in [0.1, 0.15) is 22.0 Å². The van der Waals surface area contributed by atoms with Crippen LogP contribution in [0.3, 0.4) is 0 Å². The van der Waals surface area contributed by atoms with E-state index in [0.717, 1.165) is 6.07 Å². The van der Waals surface area contributed by atoms with Gasteiger partial charge in [0.25, 0.3) is 5.91 Å². The zero-order chi connectivity index (χ0) is 17.7. The van der Waals surface area contributed by atoms with Crippen LogP contribution in [-0.4, -0.2) is 29.0 Å². The lowest BCUT2D eigenvalue weighted by atomic mass is 10.1. The number of aromatic nitrogens is 1. The highest BCUT2D eigenvalue weighted by molar-refractivity contribution is 6.29. The molecule has 5 nitrogen and oxygen atoms in total. The van der Waals surface area contributed by atoms with Gasteiger partial charge in [-0.25, -0.2) is 4.98 Å². The van der Waals surface area contributed by atoms with E-state index < -0.39 is 30.7 Å². The summed E-state index contributed by atoms with van der Waals surface area (Å²) in [5.41, 5.74) is 0.147. The quantitative estimate of drug-likeness (QED) is 0.804. The standard InChI is InChI=1S/C15H12ClF3N2O3/c16-13-7-9(5-6-20-13)14(23)21-11(8-22)10-3-1-2-4-12(10)24-15(17,18)19/h1-7,11,22H,8H2,(H,21,23)/t11-/m0/s1. The maximum absolute atomic E-state index is 12.5. The number of hydrogen-bond donors (Lipinski definition) is 2. The number of rotatable bonds is 5. The first-order chi connectivity index (χ1) is 11.3. The zero-order valence-electron chi connectivity index (χ0n) is 12.0. The molecule has 1 amide bonds. The van der Waals surface area contributed by atoms with Gasteiger partial charge in [-0.2, -0.15) is 0 Å². The van der Waals surface area contributed by atoms with Crippen molar-refractivity contribution in [3.8, 4) is 5.75 Å². The fourth-order valence-electron chi connectivity index (χ4n) is 1.99. The van der Waals surface area contributed by atoms with E-state index >= 15 is 0 Å². The van der Waals surface area contributed by atoms with Gasteiger partial charge in [0.1, 0.15) is 10.9 Å². The number of carbonyl (C=O) groups excluding carboxylic acids is 1. The molecule has 0 aliphatic heterocycles. The monoisotopic (exact) mass is 360 g/mol. The average Bonchev–Trinajstić information content (AvgIpc) is 2.51.